The fourth-order valence-corrected chi connectivity index (χ4v) is 5.92. The van der Waals surface area contributed by atoms with Crippen LogP contribution in [0.4, 0.5) is 0 Å². The van der Waals surface area contributed by atoms with Gasteiger partial charge in [-0.05, 0) is 41.5 Å². The number of methoxy groups -OCH3 is 2. The molecule has 0 bridgehead atoms. The number of aromatic nitrogens is 4. The Balaban J connectivity index is 1.35. The molecule has 1 aliphatic heterocycles. The van der Waals surface area contributed by atoms with Crippen LogP contribution in [0.1, 0.15) is 40.2 Å². The molecule has 1 unspecified atom stereocenters. The number of benzene rings is 3. The molecule has 0 N–H and O–H groups in total. The highest BCUT2D eigenvalue weighted by atomic mass is 32.1. The molecule has 0 saturated carbocycles. The second kappa shape index (κ2) is 10.2. The molecule has 1 aliphatic rings. The zero-order valence-corrected chi connectivity index (χ0v) is 23.4. The fourth-order valence-electron chi connectivity index (χ4n) is 5.25. The van der Waals surface area contributed by atoms with Crippen molar-refractivity contribution in [2.75, 3.05) is 14.2 Å². The Labute approximate surface area is 239 Å². The van der Waals surface area contributed by atoms with Crippen molar-refractivity contribution < 1.29 is 19.0 Å². The first-order valence-electron chi connectivity index (χ1n) is 13.0. The Morgan fingerprint density at radius 1 is 1.02 bits per heavy atom. The molecule has 41 heavy (non-hydrogen) atoms. The molecular weight excluding hydrogens is 538 g/mol. The van der Waals surface area contributed by atoms with Gasteiger partial charge in [0, 0.05) is 16.9 Å². The van der Waals surface area contributed by atoms with Crippen molar-refractivity contribution in [3.05, 3.63) is 106 Å². The first-order chi connectivity index (χ1) is 20.1. The van der Waals surface area contributed by atoms with Crippen molar-refractivity contribution >= 4 is 33.5 Å². The summed E-state index contributed by atoms with van der Waals surface area (Å²) in [5.74, 6) is 2.76. The molecule has 4 heterocycles. The normalized spacial score (nSPS) is 14.4. The molecule has 7 rings (SSSR count). The lowest BCUT2D eigenvalue weighted by molar-refractivity contribution is 0.125. The Hall–Kier alpha value is -4.96. The number of oxime groups is 1. The summed E-state index contributed by atoms with van der Waals surface area (Å²) in [6, 6.07) is 22.3. The summed E-state index contributed by atoms with van der Waals surface area (Å²) >= 11 is 1.61. The SMILES string of the molecule is COc1ccc(C2c3ccc4ccccc4c3Oc3ncn4nc(CO/N=C(\C)c5cccs5)nc4c32)cc1OC. The highest BCUT2D eigenvalue weighted by Gasteiger charge is 2.34. The van der Waals surface area contributed by atoms with Crippen LogP contribution >= 0.6 is 11.3 Å². The molecule has 0 spiro atoms. The van der Waals surface area contributed by atoms with Crippen LogP contribution in [0.25, 0.3) is 16.4 Å². The van der Waals surface area contributed by atoms with Crippen LogP contribution in [0.3, 0.4) is 0 Å². The highest BCUT2D eigenvalue weighted by molar-refractivity contribution is 7.12. The number of ether oxygens (including phenoxy) is 3. The van der Waals surface area contributed by atoms with Gasteiger partial charge in [-0.25, -0.2) is 14.5 Å². The van der Waals surface area contributed by atoms with Gasteiger partial charge in [0.1, 0.15) is 12.1 Å². The average Bonchev–Trinajstić information content (AvgIpc) is 3.70. The quantitative estimate of drug-likeness (QED) is 0.160. The van der Waals surface area contributed by atoms with Crippen LogP contribution in [0.2, 0.25) is 0 Å². The van der Waals surface area contributed by atoms with E-state index < -0.39 is 0 Å². The van der Waals surface area contributed by atoms with Gasteiger partial charge in [-0.1, -0.05) is 53.7 Å². The minimum absolute atomic E-state index is 0.113. The lowest BCUT2D eigenvalue weighted by atomic mass is 9.82. The molecule has 0 aliphatic carbocycles. The van der Waals surface area contributed by atoms with E-state index in [0.29, 0.717) is 28.9 Å². The third-order valence-electron chi connectivity index (χ3n) is 7.15. The molecule has 0 radical (unpaired) electrons. The maximum Gasteiger partial charge on any atom is 0.228 e. The Morgan fingerprint density at radius 2 is 1.90 bits per heavy atom. The van der Waals surface area contributed by atoms with Crippen LogP contribution < -0.4 is 14.2 Å². The Morgan fingerprint density at radius 3 is 2.73 bits per heavy atom. The number of hydrogen-bond acceptors (Lipinski definition) is 9. The summed E-state index contributed by atoms with van der Waals surface area (Å²) in [5.41, 5.74) is 4.21. The summed E-state index contributed by atoms with van der Waals surface area (Å²) < 4.78 is 19.4. The molecule has 10 heteroatoms. The van der Waals surface area contributed by atoms with E-state index in [4.69, 9.17) is 24.0 Å². The maximum absolute atomic E-state index is 6.52. The number of nitrogens with zero attached hydrogens (tertiary/aromatic N) is 5. The minimum Gasteiger partial charge on any atom is -0.493 e. The van der Waals surface area contributed by atoms with Gasteiger partial charge >= 0.3 is 0 Å². The summed E-state index contributed by atoms with van der Waals surface area (Å²) in [5, 5.41) is 13.0. The second-order valence-corrected chi connectivity index (χ2v) is 10.5. The number of rotatable bonds is 7. The van der Waals surface area contributed by atoms with Gasteiger partial charge in [0.05, 0.1) is 30.4 Å². The predicted octanol–water partition coefficient (Wildman–Crippen LogP) is 6.58. The largest absolute Gasteiger partial charge is 0.493 e. The summed E-state index contributed by atoms with van der Waals surface area (Å²) in [6.07, 6.45) is 1.62. The monoisotopic (exact) mass is 563 g/mol. The number of hydrogen-bond donors (Lipinski definition) is 0. The van der Waals surface area contributed by atoms with E-state index in [2.05, 4.69) is 39.5 Å². The van der Waals surface area contributed by atoms with Crippen molar-refractivity contribution in [3.8, 4) is 23.1 Å². The molecular formula is C31H25N5O4S. The predicted molar refractivity (Wildman–Crippen MR) is 157 cm³/mol. The molecule has 0 amide bonds. The van der Waals surface area contributed by atoms with E-state index >= 15 is 0 Å². The van der Waals surface area contributed by atoms with Crippen LogP contribution in [0.5, 0.6) is 23.1 Å². The van der Waals surface area contributed by atoms with E-state index in [1.54, 1.807) is 36.4 Å². The summed E-state index contributed by atoms with van der Waals surface area (Å²) in [4.78, 5) is 16.2. The molecule has 1 atom stereocenters. The van der Waals surface area contributed by atoms with Gasteiger partial charge in [0.15, 0.2) is 29.6 Å². The molecule has 3 aromatic heterocycles. The molecule has 204 valence electrons. The standard InChI is InChI=1S/C31H25N5O4S/c1-18(25-9-6-14-41-25)35-39-16-26-33-30-28-27(20-11-13-23(37-2)24(15-20)38-3)22-12-10-19-7-4-5-8-21(19)29(22)40-31(28)32-17-36(30)34-26/h4-15,17,27H,16H2,1-3H3/b35-18+. The second-order valence-electron chi connectivity index (χ2n) is 9.54. The van der Waals surface area contributed by atoms with Crippen LogP contribution in [0, 0.1) is 0 Å². The van der Waals surface area contributed by atoms with Crippen LogP contribution in [-0.4, -0.2) is 39.5 Å². The minimum atomic E-state index is -0.258. The van der Waals surface area contributed by atoms with E-state index in [-0.39, 0.29) is 12.5 Å². The molecule has 0 saturated heterocycles. The Kier molecular flexibility index (Phi) is 6.24. The third kappa shape index (κ3) is 4.33. The van der Waals surface area contributed by atoms with Gasteiger partial charge in [-0.3, -0.25) is 0 Å². The molecule has 6 aromatic rings. The molecule has 0 fully saturated rings. The lowest BCUT2D eigenvalue weighted by Crippen LogP contribution is -2.15. The van der Waals surface area contributed by atoms with Gasteiger partial charge in [0.25, 0.3) is 0 Å². The average molecular weight is 564 g/mol. The van der Waals surface area contributed by atoms with Gasteiger partial charge in [0.2, 0.25) is 5.88 Å². The van der Waals surface area contributed by atoms with Crippen molar-refractivity contribution in [1.82, 2.24) is 19.6 Å². The van der Waals surface area contributed by atoms with Crippen molar-refractivity contribution in [2.45, 2.75) is 19.4 Å². The first-order valence-corrected chi connectivity index (χ1v) is 13.9. The molecule has 9 nitrogen and oxygen atoms in total. The van der Waals surface area contributed by atoms with Gasteiger partial charge < -0.3 is 19.0 Å². The first kappa shape index (κ1) is 25.0. The van der Waals surface area contributed by atoms with Gasteiger partial charge in [-0.2, -0.15) is 0 Å². The highest BCUT2D eigenvalue weighted by Crippen LogP contribution is 2.51. The number of fused-ring (bicyclic) bond motifs is 6. The van der Waals surface area contributed by atoms with E-state index in [9.17, 15) is 0 Å². The Bertz CT molecular complexity index is 1930. The van der Waals surface area contributed by atoms with Crippen LogP contribution in [-0.2, 0) is 11.4 Å². The zero-order valence-electron chi connectivity index (χ0n) is 22.6. The van der Waals surface area contributed by atoms with Crippen molar-refractivity contribution in [1.29, 1.82) is 0 Å². The fraction of sp³-hybridized carbons (Fsp3) is 0.161. The van der Waals surface area contributed by atoms with Crippen molar-refractivity contribution in [3.63, 3.8) is 0 Å². The van der Waals surface area contributed by atoms with Gasteiger partial charge in [-0.15, -0.1) is 16.4 Å². The van der Waals surface area contributed by atoms with Crippen LogP contribution in [0.15, 0.2) is 83.6 Å². The van der Waals surface area contributed by atoms with E-state index in [1.165, 1.54) is 0 Å². The molecule has 3 aromatic carbocycles. The lowest BCUT2D eigenvalue weighted by Gasteiger charge is -2.29. The maximum atomic E-state index is 6.52. The van der Waals surface area contributed by atoms with E-state index in [1.807, 2.05) is 54.8 Å². The summed E-state index contributed by atoms with van der Waals surface area (Å²) in [6.45, 7) is 2.03. The third-order valence-corrected chi connectivity index (χ3v) is 8.13. The smallest absolute Gasteiger partial charge is 0.228 e. The zero-order chi connectivity index (χ0) is 27.9. The van der Waals surface area contributed by atoms with E-state index in [0.717, 1.165) is 43.8 Å². The topological polar surface area (TPSA) is 92.4 Å². The van der Waals surface area contributed by atoms with Crippen molar-refractivity contribution in [2.24, 2.45) is 5.16 Å². The summed E-state index contributed by atoms with van der Waals surface area (Å²) in [7, 11) is 3.26. The number of thiophene rings is 1.